The van der Waals surface area contributed by atoms with Crippen LogP contribution in [0.15, 0.2) is 41.0 Å². The van der Waals surface area contributed by atoms with E-state index >= 15 is 0 Å². The Morgan fingerprint density at radius 2 is 1.85 bits per heavy atom. The molecule has 1 fully saturated rings. The highest BCUT2D eigenvalue weighted by Gasteiger charge is 2.40. The van der Waals surface area contributed by atoms with Crippen molar-refractivity contribution in [3.05, 3.63) is 53.7 Å². The van der Waals surface area contributed by atoms with Crippen molar-refractivity contribution in [1.82, 2.24) is 20.5 Å². The van der Waals surface area contributed by atoms with Gasteiger partial charge in [0.15, 0.2) is 5.69 Å². The molecule has 1 aliphatic rings. The first kappa shape index (κ1) is 30.6. The van der Waals surface area contributed by atoms with Crippen LogP contribution in [0.1, 0.15) is 81.9 Å². The van der Waals surface area contributed by atoms with E-state index < -0.39 is 35.8 Å². The predicted molar refractivity (Wildman–Crippen MR) is 146 cm³/mol. The number of carbonyl (C=O) groups excluding carboxylic acids is 4. The third-order valence-corrected chi connectivity index (χ3v) is 6.80. The maximum atomic E-state index is 13.8. The van der Waals surface area contributed by atoms with Gasteiger partial charge in [-0.2, -0.15) is 0 Å². The summed E-state index contributed by atoms with van der Waals surface area (Å²) >= 11 is 0. The maximum Gasteiger partial charge on any atom is 0.408 e. The molecule has 11 nitrogen and oxygen atoms in total. The van der Waals surface area contributed by atoms with Gasteiger partial charge in [-0.3, -0.25) is 9.59 Å². The molecule has 0 saturated carbocycles. The molecule has 2 N–H and O–H groups in total. The highest BCUT2D eigenvalue weighted by Crippen LogP contribution is 2.27. The van der Waals surface area contributed by atoms with Gasteiger partial charge in [0.2, 0.25) is 17.7 Å². The molecule has 0 radical (unpaired) electrons. The molecule has 1 aromatic carbocycles. The zero-order valence-corrected chi connectivity index (χ0v) is 24.1. The average Bonchev–Trinajstić information content (AvgIpc) is 3.60. The summed E-state index contributed by atoms with van der Waals surface area (Å²) in [7, 11) is 1.25. The topological polar surface area (TPSA) is 140 Å². The van der Waals surface area contributed by atoms with Crippen LogP contribution in [0.2, 0.25) is 0 Å². The van der Waals surface area contributed by atoms with Crippen LogP contribution in [0.25, 0.3) is 0 Å². The fraction of sp³-hybridized carbons (Fsp3) is 0.552. The van der Waals surface area contributed by atoms with Crippen LogP contribution in [0.5, 0.6) is 0 Å². The van der Waals surface area contributed by atoms with Crippen molar-refractivity contribution in [2.45, 2.75) is 84.0 Å². The van der Waals surface area contributed by atoms with Crippen molar-refractivity contribution in [2.24, 2.45) is 5.92 Å². The Bertz CT molecular complexity index is 1170. The van der Waals surface area contributed by atoms with E-state index in [0.717, 1.165) is 5.56 Å². The highest BCUT2D eigenvalue weighted by atomic mass is 16.6. The number of nitrogens with zero attached hydrogens (tertiary/aromatic N) is 2. The highest BCUT2D eigenvalue weighted by molar-refractivity contribution is 5.92. The van der Waals surface area contributed by atoms with E-state index in [2.05, 4.69) is 15.6 Å². The molecular formula is C29H40N4O7. The van der Waals surface area contributed by atoms with Gasteiger partial charge < -0.3 is 29.4 Å². The van der Waals surface area contributed by atoms with Crippen LogP contribution >= 0.6 is 0 Å². The first-order valence-corrected chi connectivity index (χ1v) is 13.6. The molecule has 218 valence electrons. The van der Waals surface area contributed by atoms with Crippen LogP contribution in [-0.2, 0) is 25.5 Å². The summed E-state index contributed by atoms with van der Waals surface area (Å²) in [5.41, 5.74) is 0.132. The summed E-state index contributed by atoms with van der Waals surface area (Å²) in [6.07, 6.45) is 2.54. The zero-order valence-electron chi connectivity index (χ0n) is 24.1. The predicted octanol–water partition coefficient (Wildman–Crippen LogP) is 3.79. The van der Waals surface area contributed by atoms with Gasteiger partial charge in [-0.05, 0) is 45.1 Å². The lowest BCUT2D eigenvalue weighted by molar-refractivity contribution is -0.140. The fourth-order valence-corrected chi connectivity index (χ4v) is 4.56. The molecule has 0 unspecified atom stereocenters. The summed E-state index contributed by atoms with van der Waals surface area (Å²) in [6, 6.07) is 7.06. The number of nitrogens with one attached hydrogen (secondary N) is 2. The third kappa shape index (κ3) is 8.06. The Kier molecular flexibility index (Phi) is 10.3. The van der Waals surface area contributed by atoms with Crippen molar-refractivity contribution < 1.29 is 33.1 Å². The van der Waals surface area contributed by atoms with Gasteiger partial charge in [-0.15, -0.1) is 0 Å². The Morgan fingerprint density at radius 3 is 2.48 bits per heavy atom. The van der Waals surface area contributed by atoms with Gasteiger partial charge in [-0.1, -0.05) is 50.6 Å². The minimum absolute atomic E-state index is 0.00898. The molecule has 3 amide bonds. The minimum atomic E-state index is -0.926. The Hall–Kier alpha value is -3.89. The van der Waals surface area contributed by atoms with Gasteiger partial charge >= 0.3 is 12.1 Å². The second kappa shape index (κ2) is 13.5. The van der Waals surface area contributed by atoms with E-state index in [0.29, 0.717) is 25.8 Å². The number of likely N-dealkylation sites (tertiary alicyclic amines) is 1. The van der Waals surface area contributed by atoms with E-state index in [1.165, 1.54) is 18.3 Å². The fourth-order valence-electron chi connectivity index (χ4n) is 4.56. The minimum Gasteiger partial charge on any atom is -0.464 e. The molecule has 1 saturated heterocycles. The first-order chi connectivity index (χ1) is 18.9. The average molecular weight is 557 g/mol. The number of ether oxygens (including phenoxy) is 2. The van der Waals surface area contributed by atoms with Gasteiger partial charge in [-0.25, -0.2) is 14.6 Å². The molecule has 0 spiro atoms. The Morgan fingerprint density at radius 1 is 1.15 bits per heavy atom. The number of aromatic nitrogens is 1. The molecule has 1 aliphatic heterocycles. The lowest BCUT2D eigenvalue weighted by atomic mass is 9.98. The van der Waals surface area contributed by atoms with Crippen LogP contribution in [0.3, 0.4) is 0 Å². The third-order valence-electron chi connectivity index (χ3n) is 6.80. The molecule has 2 heterocycles. The van der Waals surface area contributed by atoms with E-state index in [9.17, 15) is 19.2 Å². The van der Waals surface area contributed by atoms with Crippen molar-refractivity contribution in [2.75, 3.05) is 13.7 Å². The lowest BCUT2D eigenvalue weighted by Gasteiger charge is -2.31. The quantitative estimate of drug-likeness (QED) is 0.421. The number of oxazole rings is 1. The number of methoxy groups -OCH3 is 1. The van der Waals surface area contributed by atoms with Crippen LogP contribution in [0, 0.1) is 5.92 Å². The van der Waals surface area contributed by atoms with E-state index in [4.69, 9.17) is 13.9 Å². The van der Waals surface area contributed by atoms with Crippen molar-refractivity contribution in [1.29, 1.82) is 0 Å². The molecule has 1 aromatic heterocycles. The summed E-state index contributed by atoms with van der Waals surface area (Å²) in [5, 5.41) is 5.71. The molecule has 11 heteroatoms. The summed E-state index contributed by atoms with van der Waals surface area (Å²) in [6.45, 7) is 9.52. The molecule has 4 atom stereocenters. The molecule has 0 bridgehead atoms. The number of rotatable bonds is 10. The summed E-state index contributed by atoms with van der Waals surface area (Å²) < 4.78 is 15.6. The molecule has 2 aromatic rings. The molecule has 3 rings (SSSR count). The van der Waals surface area contributed by atoms with Crippen LogP contribution in [0.4, 0.5) is 4.79 Å². The second-order valence-electron chi connectivity index (χ2n) is 11.0. The van der Waals surface area contributed by atoms with Gasteiger partial charge in [0.25, 0.3) is 0 Å². The van der Waals surface area contributed by atoms with Gasteiger partial charge in [0.1, 0.15) is 30.0 Å². The van der Waals surface area contributed by atoms with E-state index in [1.807, 2.05) is 44.2 Å². The standard InChI is InChI=1S/C29H40N4O7/c1-7-18(2)23(25-30-21(17-39-25)27(36)38-6)32-24(34)22-14-11-15-33(22)26(35)20(16-19-12-9-8-10-13-19)31-28(37)40-29(3,4)5/h8-10,12-13,17-18,20,22-23H,7,11,14-16H2,1-6H3,(H,31,37)(H,32,34)/t18-,20-,22-,23-/m0/s1. The largest absolute Gasteiger partial charge is 0.464 e. The lowest BCUT2D eigenvalue weighted by Crippen LogP contribution is -2.55. The SMILES string of the molecule is CC[C@H](C)[C@H](NC(=O)[C@@H]1CCCN1C(=O)[C@H](Cc1ccccc1)NC(=O)OC(C)(C)C)c1nc(C(=O)OC)co1. The molecular weight excluding hydrogens is 516 g/mol. The second-order valence-corrected chi connectivity index (χ2v) is 11.0. The monoisotopic (exact) mass is 556 g/mol. The first-order valence-electron chi connectivity index (χ1n) is 13.6. The zero-order chi connectivity index (χ0) is 29.4. The number of alkyl carbamates (subject to hydrolysis) is 1. The number of benzene rings is 1. The number of hydrogen-bond donors (Lipinski definition) is 2. The van der Waals surface area contributed by atoms with Crippen molar-refractivity contribution >= 4 is 23.9 Å². The number of esters is 1. The smallest absolute Gasteiger partial charge is 0.408 e. The maximum absolute atomic E-state index is 13.8. The van der Waals surface area contributed by atoms with Gasteiger partial charge in [0.05, 0.1) is 7.11 Å². The summed E-state index contributed by atoms with van der Waals surface area (Å²) in [4.78, 5) is 57.6. The van der Waals surface area contributed by atoms with Crippen molar-refractivity contribution in [3.63, 3.8) is 0 Å². The van der Waals surface area contributed by atoms with Crippen LogP contribution < -0.4 is 10.6 Å². The number of hydrogen-bond acceptors (Lipinski definition) is 8. The number of amides is 3. The van der Waals surface area contributed by atoms with Gasteiger partial charge in [0, 0.05) is 13.0 Å². The number of carbonyl (C=O) groups is 4. The summed E-state index contributed by atoms with van der Waals surface area (Å²) in [5.74, 6) is -1.24. The molecule has 40 heavy (non-hydrogen) atoms. The molecule has 0 aliphatic carbocycles. The Balaban J connectivity index is 1.80. The van der Waals surface area contributed by atoms with Crippen LogP contribution in [-0.4, -0.2) is 65.1 Å². The van der Waals surface area contributed by atoms with Crippen molar-refractivity contribution in [3.8, 4) is 0 Å². The van der Waals surface area contributed by atoms with E-state index in [-0.39, 0.29) is 35.7 Å². The Labute approximate surface area is 235 Å². The normalized spacial score (nSPS) is 17.4. The van der Waals surface area contributed by atoms with E-state index in [1.54, 1.807) is 20.8 Å².